The zero-order valence-corrected chi connectivity index (χ0v) is 13.3. The highest BCUT2D eigenvalue weighted by atomic mass is 32.1. The first-order chi connectivity index (χ1) is 10.8. The molecule has 4 rings (SSSR count). The molecule has 3 heterocycles. The molecule has 2 aliphatic rings. The van der Waals surface area contributed by atoms with Gasteiger partial charge in [0, 0.05) is 32.2 Å². The highest BCUT2D eigenvalue weighted by Gasteiger charge is 2.27. The molecule has 0 unspecified atom stereocenters. The van der Waals surface area contributed by atoms with Gasteiger partial charge in [0.05, 0.1) is 23.4 Å². The number of piperidine rings is 1. The molecule has 1 aromatic heterocycles. The summed E-state index contributed by atoms with van der Waals surface area (Å²) >= 11 is 1.60. The van der Waals surface area contributed by atoms with Gasteiger partial charge in [-0.2, -0.15) is 0 Å². The number of thiazole rings is 1. The number of ether oxygens (including phenoxy) is 1. The standard InChI is InChI=1S/C16H20FN3OS/c17-12-1-2-14-15(11-12)22-16(18-14)20-5-3-13(4-6-20)19-7-9-21-10-8-19/h1-2,11,13H,3-10H2. The predicted octanol–water partition coefficient (Wildman–Crippen LogP) is 2.74. The number of aromatic nitrogens is 1. The van der Waals surface area contributed by atoms with Crippen LogP contribution in [0.3, 0.4) is 0 Å². The number of benzene rings is 1. The summed E-state index contributed by atoms with van der Waals surface area (Å²) in [5.74, 6) is -0.186. The van der Waals surface area contributed by atoms with Gasteiger partial charge in [-0.3, -0.25) is 4.90 Å². The Labute approximate surface area is 133 Å². The van der Waals surface area contributed by atoms with E-state index < -0.39 is 0 Å². The van der Waals surface area contributed by atoms with E-state index in [1.54, 1.807) is 23.5 Å². The lowest BCUT2D eigenvalue weighted by Gasteiger charge is -2.40. The molecule has 6 heteroatoms. The van der Waals surface area contributed by atoms with Gasteiger partial charge in [-0.25, -0.2) is 9.37 Å². The van der Waals surface area contributed by atoms with E-state index in [1.807, 2.05) is 0 Å². The third-order valence-corrected chi connectivity index (χ3v) is 5.72. The minimum absolute atomic E-state index is 0.186. The van der Waals surface area contributed by atoms with Crippen LogP contribution < -0.4 is 4.90 Å². The van der Waals surface area contributed by atoms with Crippen molar-refractivity contribution in [1.82, 2.24) is 9.88 Å². The van der Waals surface area contributed by atoms with Crippen LogP contribution in [-0.2, 0) is 4.74 Å². The van der Waals surface area contributed by atoms with Gasteiger partial charge in [0.1, 0.15) is 5.82 Å². The first kappa shape index (κ1) is 14.4. The monoisotopic (exact) mass is 321 g/mol. The molecule has 0 aliphatic carbocycles. The van der Waals surface area contributed by atoms with Crippen molar-refractivity contribution in [3.8, 4) is 0 Å². The molecule has 1 aromatic carbocycles. The van der Waals surface area contributed by atoms with Crippen molar-refractivity contribution < 1.29 is 9.13 Å². The molecule has 2 aromatic rings. The van der Waals surface area contributed by atoms with Gasteiger partial charge in [-0.15, -0.1) is 0 Å². The minimum atomic E-state index is -0.186. The van der Waals surface area contributed by atoms with Crippen molar-refractivity contribution in [2.45, 2.75) is 18.9 Å². The van der Waals surface area contributed by atoms with Gasteiger partial charge >= 0.3 is 0 Å². The highest BCUT2D eigenvalue weighted by molar-refractivity contribution is 7.22. The van der Waals surface area contributed by atoms with Crippen LogP contribution in [0.5, 0.6) is 0 Å². The Hall–Kier alpha value is -1.24. The van der Waals surface area contributed by atoms with E-state index in [0.29, 0.717) is 6.04 Å². The fourth-order valence-electron chi connectivity index (χ4n) is 3.39. The number of hydrogen-bond acceptors (Lipinski definition) is 5. The van der Waals surface area contributed by atoms with Crippen LogP contribution in [0.4, 0.5) is 9.52 Å². The molecule has 0 radical (unpaired) electrons. The van der Waals surface area contributed by atoms with Gasteiger partial charge in [0.15, 0.2) is 5.13 Å². The van der Waals surface area contributed by atoms with Crippen molar-refractivity contribution in [2.75, 3.05) is 44.3 Å². The summed E-state index contributed by atoms with van der Waals surface area (Å²) in [7, 11) is 0. The van der Waals surface area contributed by atoms with Crippen LogP contribution in [0.2, 0.25) is 0 Å². The van der Waals surface area contributed by atoms with Crippen molar-refractivity contribution >= 4 is 26.7 Å². The average molecular weight is 321 g/mol. The van der Waals surface area contributed by atoms with Crippen LogP contribution in [0.25, 0.3) is 10.2 Å². The second-order valence-electron chi connectivity index (χ2n) is 5.98. The number of anilines is 1. The first-order valence-electron chi connectivity index (χ1n) is 7.92. The van der Waals surface area contributed by atoms with E-state index in [9.17, 15) is 4.39 Å². The lowest BCUT2D eigenvalue weighted by molar-refractivity contribution is 0.0115. The maximum Gasteiger partial charge on any atom is 0.186 e. The minimum Gasteiger partial charge on any atom is -0.379 e. The molecule has 4 nitrogen and oxygen atoms in total. The Kier molecular flexibility index (Phi) is 3.98. The largest absolute Gasteiger partial charge is 0.379 e. The number of nitrogens with zero attached hydrogens (tertiary/aromatic N) is 3. The van der Waals surface area contributed by atoms with Crippen molar-refractivity contribution in [2.24, 2.45) is 0 Å². The van der Waals surface area contributed by atoms with Gasteiger partial charge < -0.3 is 9.64 Å². The Balaban J connectivity index is 1.43. The third-order valence-electron chi connectivity index (χ3n) is 4.64. The maximum atomic E-state index is 13.3. The summed E-state index contributed by atoms with van der Waals surface area (Å²) in [6, 6.07) is 5.51. The van der Waals surface area contributed by atoms with E-state index in [1.165, 1.54) is 18.9 Å². The Bertz CT molecular complexity index is 648. The highest BCUT2D eigenvalue weighted by Crippen LogP contribution is 2.31. The lowest BCUT2D eigenvalue weighted by Crippen LogP contribution is -2.49. The van der Waals surface area contributed by atoms with Gasteiger partial charge in [0.25, 0.3) is 0 Å². The van der Waals surface area contributed by atoms with Crippen molar-refractivity contribution in [1.29, 1.82) is 0 Å². The summed E-state index contributed by atoms with van der Waals surface area (Å²) < 4.78 is 19.7. The molecule has 0 bridgehead atoms. The fraction of sp³-hybridized carbons (Fsp3) is 0.562. The molecule has 2 saturated heterocycles. The maximum absolute atomic E-state index is 13.3. The van der Waals surface area contributed by atoms with Crippen LogP contribution >= 0.6 is 11.3 Å². The lowest BCUT2D eigenvalue weighted by atomic mass is 10.0. The molecule has 0 N–H and O–H groups in total. The molecule has 0 saturated carbocycles. The van der Waals surface area contributed by atoms with E-state index in [0.717, 1.165) is 54.7 Å². The number of halogens is 1. The van der Waals surface area contributed by atoms with Crippen LogP contribution in [-0.4, -0.2) is 55.3 Å². The summed E-state index contributed by atoms with van der Waals surface area (Å²) in [5, 5.41) is 1.03. The quantitative estimate of drug-likeness (QED) is 0.850. The molecular formula is C16H20FN3OS. The second-order valence-corrected chi connectivity index (χ2v) is 6.98. The van der Waals surface area contributed by atoms with Crippen LogP contribution in [0, 0.1) is 5.82 Å². The summed E-state index contributed by atoms with van der Waals surface area (Å²) in [5.41, 5.74) is 0.900. The SMILES string of the molecule is Fc1ccc2nc(N3CCC(N4CCOCC4)CC3)sc2c1. The van der Waals surface area contributed by atoms with E-state index in [-0.39, 0.29) is 5.82 Å². The van der Waals surface area contributed by atoms with Gasteiger partial charge in [0.2, 0.25) is 0 Å². The van der Waals surface area contributed by atoms with Crippen LogP contribution in [0.15, 0.2) is 18.2 Å². The zero-order chi connectivity index (χ0) is 14.9. The number of hydrogen-bond donors (Lipinski definition) is 0. The molecule has 0 amide bonds. The smallest absolute Gasteiger partial charge is 0.186 e. The molecular weight excluding hydrogens is 301 g/mol. The third kappa shape index (κ3) is 2.83. The summed E-state index contributed by atoms with van der Waals surface area (Å²) in [6.07, 6.45) is 2.34. The molecule has 2 aliphatic heterocycles. The molecule has 0 atom stereocenters. The topological polar surface area (TPSA) is 28.6 Å². The average Bonchev–Trinajstić information content (AvgIpc) is 2.99. The van der Waals surface area contributed by atoms with Crippen molar-refractivity contribution in [3.05, 3.63) is 24.0 Å². The fourth-order valence-corrected chi connectivity index (χ4v) is 4.43. The predicted molar refractivity (Wildman–Crippen MR) is 87.2 cm³/mol. The molecule has 2 fully saturated rings. The van der Waals surface area contributed by atoms with E-state index in [2.05, 4.69) is 14.8 Å². The number of morpholine rings is 1. The molecule has 0 spiro atoms. The Morgan fingerprint density at radius 1 is 1.14 bits per heavy atom. The summed E-state index contributed by atoms with van der Waals surface area (Å²) in [4.78, 5) is 9.57. The Morgan fingerprint density at radius 3 is 2.68 bits per heavy atom. The van der Waals surface area contributed by atoms with Crippen LogP contribution in [0.1, 0.15) is 12.8 Å². The second kappa shape index (κ2) is 6.10. The number of rotatable bonds is 2. The van der Waals surface area contributed by atoms with Crippen molar-refractivity contribution in [3.63, 3.8) is 0 Å². The first-order valence-corrected chi connectivity index (χ1v) is 8.74. The normalized spacial score (nSPS) is 21.6. The number of fused-ring (bicyclic) bond motifs is 1. The van der Waals surface area contributed by atoms with E-state index >= 15 is 0 Å². The molecule has 118 valence electrons. The molecule has 22 heavy (non-hydrogen) atoms. The van der Waals surface area contributed by atoms with Gasteiger partial charge in [-0.05, 0) is 31.0 Å². The van der Waals surface area contributed by atoms with E-state index in [4.69, 9.17) is 4.74 Å². The summed E-state index contributed by atoms with van der Waals surface area (Å²) in [6.45, 7) is 5.91. The Morgan fingerprint density at radius 2 is 1.91 bits per heavy atom. The van der Waals surface area contributed by atoms with Gasteiger partial charge in [-0.1, -0.05) is 11.3 Å². The zero-order valence-electron chi connectivity index (χ0n) is 12.5.